The van der Waals surface area contributed by atoms with Crippen LogP contribution in [0.3, 0.4) is 0 Å². The predicted octanol–water partition coefficient (Wildman–Crippen LogP) is 2.76. The molecule has 17 heavy (non-hydrogen) atoms. The van der Waals surface area contributed by atoms with Crippen LogP contribution < -0.4 is 0 Å². The van der Waals surface area contributed by atoms with Crippen LogP contribution in [0.2, 0.25) is 0 Å². The fraction of sp³-hybridized carbons (Fsp3) is 0.786. The number of rotatable bonds is 9. The van der Waals surface area contributed by atoms with Crippen LogP contribution in [0.5, 0.6) is 0 Å². The lowest BCUT2D eigenvalue weighted by Crippen LogP contribution is -2.45. The fourth-order valence-corrected chi connectivity index (χ4v) is 1.85. The van der Waals surface area contributed by atoms with E-state index in [4.69, 9.17) is 4.74 Å². The molecule has 3 heteroatoms. The molecule has 0 aromatic heterocycles. The fourth-order valence-electron chi connectivity index (χ4n) is 1.85. The molecule has 3 nitrogen and oxygen atoms in total. The van der Waals surface area contributed by atoms with Crippen LogP contribution in [0.25, 0.3) is 0 Å². The molecular weight excluding hydrogens is 214 g/mol. The maximum atomic E-state index is 11.1. The zero-order chi connectivity index (χ0) is 13.3. The molecule has 0 aromatic carbocycles. The molecule has 0 aromatic rings. The minimum atomic E-state index is -0.272. The summed E-state index contributed by atoms with van der Waals surface area (Å²) in [4.78, 5) is 11.1. The van der Waals surface area contributed by atoms with Gasteiger partial charge in [-0.15, -0.1) is 0 Å². The van der Waals surface area contributed by atoms with Crippen LogP contribution in [0.1, 0.15) is 40.0 Å². The Balaban J connectivity index is 3.69. The van der Waals surface area contributed by atoms with Crippen LogP contribution in [0.15, 0.2) is 12.2 Å². The molecule has 0 aliphatic heterocycles. The van der Waals surface area contributed by atoms with Crippen molar-refractivity contribution in [3.8, 4) is 0 Å². The summed E-state index contributed by atoms with van der Waals surface area (Å²) in [7, 11) is 2.30. The van der Waals surface area contributed by atoms with Crippen molar-refractivity contribution in [3.63, 3.8) is 0 Å². The van der Waals surface area contributed by atoms with E-state index in [-0.39, 0.29) is 5.97 Å². The van der Waals surface area contributed by atoms with Gasteiger partial charge in [0.05, 0.1) is 33.3 Å². The van der Waals surface area contributed by atoms with Gasteiger partial charge in [0.25, 0.3) is 0 Å². The maximum Gasteiger partial charge on any atom is 0.333 e. The summed E-state index contributed by atoms with van der Waals surface area (Å²) in [5.74, 6) is -0.272. The Morgan fingerprint density at radius 2 is 1.88 bits per heavy atom. The Morgan fingerprint density at radius 1 is 1.24 bits per heavy atom. The number of carbonyl (C=O) groups excluding carboxylic acids is 1. The van der Waals surface area contributed by atoms with E-state index in [0.29, 0.717) is 12.2 Å². The number of ether oxygens (including phenoxy) is 1. The van der Waals surface area contributed by atoms with Crippen molar-refractivity contribution in [2.24, 2.45) is 0 Å². The molecule has 0 bridgehead atoms. The molecular formula is C14H28NO2+. The Hall–Kier alpha value is -0.830. The second-order valence-corrected chi connectivity index (χ2v) is 5.01. The monoisotopic (exact) mass is 242 g/mol. The normalized spacial score (nSPS) is 14.1. The van der Waals surface area contributed by atoms with Crippen molar-refractivity contribution in [3.05, 3.63) is 12.2 Å². The molecule has 0 radical (unpaired) electrons. The molecule has 0 N–H and O–H groups in total. The van der Waals surface area contributed by atoms with Gasteiger partial charge in [0.15, 0.2) is 0 Å². The van der Waals surface area contributed by atoms with E-state index in [1.807, 2.05) is 0 Å². The second kappa shape index (κ2) is 8.29. The Kier molecular flexibility index (Phi) is 7.88. The van der Waals surface area contributed by atoms with E-state index < -0.39 is 0 Å². The van der Waals surface area contributed by atoms with Gasteiger partial charge in [-0.25, -0.2) is 4.79 Å². The average molecular weight is 242 g/mol. The van der Waals surface area contributed by atoms with Gasteiger partial charge < -0.3 is 9.22 Å². The second-order valence-electron chi connectivity index (χ2n) is 5.01. The van der Waals surface area contributed by atoms with Crippen molar-refractivity contribution in [2.45, 2.75) is 40.0 Å². The highest BCUT2D eigenvalue weighted by Gasteiger charge is 2.16. The summed E-state index contributed by atoms with van der Waals surface area (Å²) in [5, 5.41) is 0. The first-order chi connectivity index (χ1) is 7.95. The minimum absolute atomic E-state index is 0.272. The van der Waals surface area contributed by atoms with Crippen molar-refractivity contribution >= 4 is 5.97 Å². The molecule has 0 saturated carbocycles. The van der Waals surface area contributed by atoms with Gasteiger partial charge in [0.1, 0.15) is 0 Å². The lowest BCUT2D eigenvalue weighted by atomic mass is 10.2. The summed E-state index contributed by atoms with van der Waals surface area (Å²) >= 11 is 0. The molecule has 0 heterocycles. The summed E-state index contributed by atoms with van der Waals surface area (Å²) in [6, 6.07) is 0. The summed E-state index contributed by atoms with van der Waals surface area (Å²) in [6.45, 7) is 13.8. The van der Waals surface area contributed by atoms with Gasteiger partial charge in [0, 0.05) is 5.57 Å². The maximum absolute atomic E-state index is 11.1. The van der Waals surface area contributed by atoms with E-state index in [2.05, 4.69) is 27.5 Å². The van der Waals surface area contributed by atoms with E-state index in [0.717, 1.165) is 23.9 Å². The van der Waals surface area contributed by atoms with Crippen molar-refractivity contribution < 1.29 is 14.0 Å². The van der Waals surface area contributed by atoms with Gasteiger partial charge in [0.2, 0.25) is 0 Å². The SMILES string of the molecule is C=C(C)C(=O)OCCCC[N+](C)(CC)CCC. The molecule has 0 rings (SSSR count). The topological polar surface area (TPSA) is 26.3 Å². The van der Waals surface area contributed by atoms with Crippen LogP contribution in [-0.2, 0) is 9.53 Å². The number of esters is 1. The summed E-state index contributed by atoms with van der Waals surface area (Å²) < 4.78 is 6.18. The van der Waals surface area contributed by atoms with Gasteiger partial charge in [-0.1, -0.05) is 13.5 Å². The molecule has 0 aliphatic rings. The van der Waals surface area contributed by atoms with Gasteiger partial charge >= 0.3 is 5.97 Å². The average Bonchev–Trinajstić information content (AvgIpc) is 2.28. The molecule has 0 fully saturated rings. The van der Waals surface area contributed by atoms with Gasteiger partial charge in [-0.3, -0.25) is 0 Å². The highest BCUT2D eigenvalue weighted by Crippen LogP contribution is 2.07. The number of carbonyl (C=O) groups is 1. The largest absolute Gasteiger partial charge is 0.462 e. The van der Waals surface area contributed by atoms with Gasteiger partial charge in [-0.2, -0.15) is 0 Å². The quantitative estimate of drug-likeness (QED) is 0.269. The first kappa shape index (κ1) is 16.2. The third kappa shape index (κ3) is 7.16. The van der Waals surface area contributed by atoms with E-state index in [1.54, 1.807) is 6.92 Å². The molecule has 0 amide bonds. The van der Waals surface area contributed by atoms with Gasteiger partial charge in [-0.05, 0) is 33.1 Å². The van der Waals surface area contributed by atoms with Crippen LogP contribution in [-0.4, -0.2) is 43.7 Å². The van der Waals surface area contributed by atoms with Crippen molar-refractivity contribution in [2.75, 3.05) is 33.3 Å². The number of hydrogen-bond acceptors (Lipinski definition) is 2. The number of unbranched alkanes of at least 4 members (excludes halogenated alkanes) is 1. The highest BCUT2D eigenvalue weighted by molar-refractivity contribution is 5.86. The van der Waals surface area contributed by atoms with E-state index in [1.165, 1.54) is 19.5 Å². The van der Waals surface area contributed by atoms with Crippen LogP contribution in [0.4, 0.5) is 0 Å². The Labute approximate surface area is 106 Å². The standard InChI is InChI=1S/C14H28NO2/c1-6-10-15(5,7-2)11-8-9-12-17-14(16)13(3)4/h3,6-12H2,1-2,4-5H3/q+1. The zero-order valence-electron chi connectivity index (χ0n) is 11.9. The molecule has 100 valence electrons. The minimum Gasteiger partial charge on any atom is -0.462 e. The third-order valence-corrected chi connectivity index (χ3v) is 3.20. The molecule has 0 spiro atoms. The van der Waals surface area contributed by atoms with Crippen molar-refractivity contribution in [1.29, 1.82) is 0 Å². The van der Waals surface area contributed by atoms with Crippen LogP contribution >= 0.6 is 0 Å². The summed E-state index contributed by atoms with van der Waals surface area (Å²) in [5.41, 5.74) is 0.477. The third-order valence-electron chi connectivity index (χ3n) is 3.20. The Morgan fingerprint density at radius 3 is 2.35 bits per heavy atom. The lowest BCUT2D eigenvalue weighted by Gasteiger charge is -2.33. The molecule has 0 aliphatic carbocycles. The first-order valence-electron chi connectivity index (χ1n) is 6.61. The molecule has 1 unspecified atom stereocenters. The number of hydrogen-bond donors (Lipinski definition) is 0. The highest BCUT2D eigenvalue weighted by atomic mass is 16.5. The van der Waals surface area contributed by atoms with Crippen molar-refractivity contribution in [1.82, 2.24) is 0 Å². The molecule has 0 saturated heterocycles. The van der Waals surface area contributed by atoms with E-state index in [9.17, 15) is 4.79 Å². The predicted molar refractivity (Wildman–Crippen MR) is 71.8 cm³/mol. The smallest absolute Gasteiger partial charge is 0.333 e. The number of nitrogens with zero attached hydrogens (tertiary/aromatic N) is 1. The first-order valence-corrected chi connectivity index (χ1v) is 6.61. The lowest BCUT2D eigenvalue weighted by molar-refractivity contribution is -0.908. The van der Waals surface area contributed by atoms with E-state index >= 15 is 0 Å². The Bertz CT molecular complexity index is 251. The summed E-state index contributed by atoms with van der Waals surface area (Å²) in [6.07, 6.45) is 3.26. The molecule has 1 atom stereocenters. The number of quaternary nitrogens is 1. The zero-order valence-corrected chi connectivity index (χ0v) is 11.9. The van der Waals surface area contributed by atoms with Crippen LogP contribution in [0, 0.1) is 0 Å².